The van der Waals surface area contributed by atoms with Crippen molar-refractivity contribution in [2.24, 2.45) is 0 Å². The lowest BCUT2D eigenvalue weighted by Crippen LogP contribution is -2.56. The van der Waals surface area contributed by atoms with Crippen LogP contribution in [0.1, 0.15) is 35.2 Å². The highest BCUT2D eigenvalue weighted by Gasteiger charge is 2.44. The van der Waals surface area contributed by atoms with Crippen LogP contribution in [0.15, 0.2) is 24.3 Å². The quantitative estimate of drug-likeness (QED) is 0.877. The molecule has 8 heteroatoms. The normalized spacial score (nSPS) is 19.0. The SMILES string of the molecule is N#Cc1ccc(C(=O)N2CCC3(CCN(CC(=O)O)C(=O)O3)CC2)cc1. The molecule has 136 valence electrons. The molecule has 8 nitrogen and oxygen atoms in total. The minimum Gasteiger partial charge on any atom is -0.480 e. The maximum atomic E-state index is 12.6. The molecule has 2 aliphatic heterocycles. The van der Waals surface area contributed by atoms with Gasteiger partial charge < -0.3 is 14.7 Å². The third kappa shape index (κ3) is 3.61. The van der Waals surface area contributed by atoms with Gasteiger partial charge in [0.15, 0.2) is 0 Å². The van der Waals surface area contributed by atoms with Crippen LogP contribution in [0.3, 0.4) is 0 Å². The van der Waals surface area contributed by atoms with E-state index in [1.54, 1.807) is 29.2 Å². The number of carbonyl (C=O) groups excluding carboxylic acids is 2. The van der Waals surface area contributed by atoms with Crippen molar-refractivity contribution < 1.29 is 24.2 Å². The summed E-state index contributed by atoms with van der Waals surface area (Å²) in [5, 5.41) is 17.6. The molecule has 0 bridgehead atoms. The van der Waals surface area contributed by atoms with Gasteiger partial charge >= 0.3 is 12.1 Å². The lowest BCUT2D eigenvalue weighted by molar-refractivity contribution is -0.140. The van der Waals surface area contributed by atoms with Crippen LogP contribution in [0.2, 0.25) is 0 Å². The van der Waals surface area contributed by atoms with Gasteiger partial charge in [0.2, 0.25) is 0 Å². The first kappa shape index (κ1) is 17.7. The molecule has 2 saturated heterocycles. The Morgan fingerprint density at radius 2 is 1.77 bits per heavy atom. The van der Waals surface area contributed by atoms with E-state index < -0.39 is 17.7 Å². The summed E-state index contributed by atoms with van der Waals surface area (Å²) in [5.41, 5.74) is 0.403. The molecule has 1 spiro atoms. The standard InChI is InChI=1S/C18H19N3O5/c19-11-13-1-3-14(4-2-13)16(24)20-8-5-18(6-9-20)7-10-21(12-15(22)23)17(25)26-18/h1-4H,5-10,12H2,(H,22,23). The molecule has 1 aromatic carbocycles. The first-order valence-electron chi connectivity index (χ1n) is 8.42. The minimum atomic E-state index is -1.07. The number of nitriles is 1. The summed E-state index contributed by atoms with van der Waals surface area (Å²) < 4.78 is 5.54. The summed E-state index contributed by atoms with van der Waals surface area (Å²) in [6, 6.07) is 8.51. The number of carboxylic acid groups (broad SMARTS) is 1. The zero-order valence-corrected chi connectivity index (χ0v) is 14.2. The molecule has 3 rings (SSSR count). The van der Waals surface area contributed by atoms with E-state index in [1.165, 1.54) is 4.90 Å². The molecule has 2 aliphatic rings. The zero-order valence-electron chi connectivity index (χ0n) is 14.2. The summed E-state index contributed by atoms with van der Waals surface area (Å²) in [7, 11) is 0. The number of rotatable bonds is 3. The van der Waals surface area contributed by atoms with Crippen molar-refractivity contribution in [2.75, 3.05) is 26.2 Å². The van der Waals surface area contributed by atoms with E-state index >= 15 is 0 Å². The van der Waals surface area contributed by atoms with Gasteiger partial charge in [-0.15, -0.1) is 0 Å². The van der Waals surface area contributed by atoms with Gasteiger partial charge in [0.05, 0.1) is 11.6 Å². The van der Waals surface area contributed by atoms with Crippen molar-refractivity contribution >= 4 is 18.0 Å². The number of benzene rings is 1. The number of ether oxygens (including phenoxy) is 1. The summed E-state index contributed by atoms with van der Waals surface area (Å²) >= 11 is 0. The van der Waals surface area contributed by atoms with Gasteiger partial charge in [-0.25, -0.2) is 4.79 Å². The fraction of sp³-hybridized carbons (Fsp3) is 0.444. The predicted molar refractivity (Wildman–Crippen MR) is 89.3 cm³/mol. The molecule has 0 saturated carbocycles. The van der Waals surface area contributed by atoms with Crippen LogP contribution in [-0.2, 0) is 9.53 Å². The van der Waals surface area contributed by atoms with Gasteiger partial charge in [-0.05, 0) is 24.3 Å². The average Bonchev–Trinajstić information content (AvgIpc) is 2.64. The number of aliphatic carboxylic acids is 1. The number of hydrogen-bond acceptors (Lipinski definition) is 5. The lowest BCUT2D eigenvalue weighted by atomic mass is 9.86. The van der Waals surface area contributed by atoms with Crippen molar-refractivity contribution in [3.8, 4) is 6.07 Å². The Hall–Kier alpha value is -3.08. The average molecular weight is 357 g/mol. The van der Waals surface area contributed by atoms with Crippen molar-refractivity contribution in [2.45, 2.75) is 24.9 Å². The van der Waals surface area contributed by atoms with Crippen molar-refractivity contribution in [3.63, 3.8) is 0 Å². The van der Waals surface area contributed by atoms with Crippen LogP contribution >= 0.6 is 0 Å². The second-order valence-corrected chi connectivity index (χ2v) is 6.60. The summed E-state index contributed by atoms with van der Waals surface area (Å²) in [6.45, 7) is 0.906. The number of amides is 2. The van der Waals surface area contributed by atoms with Gasteiger partial charge in [0.1, 0.15) is 12.1 Å². The molecule has 1 N–H and O–H groups in total. The topological polar surface area (TPSA) is 111 Å². The van der Waals surface area contributed by atoms with Crippen LogP contribution in [0.5, 0.6) is 0 Å². The van der Waals surface area contributed by atoms with Gasteiger partial charge in [0, 0.05) is 44.5 Å². The second-order valence-electron chi connectivity index (χ2n) is 6.60. The van der Waals surface area contributed by atoms with Crippen LogP contribution in [0.4, 0.5) is 4.79 Å². The van der Waals surface area contributed by atoms with Crippen LogP contribution in [0.25, 0.3) is 0 Å². The van der Waals surface area contributed by atoms with E-state index in [0.717, 1.165) is 0 Å². The smallest absolute Gasteiger partial charge is 0.410 e. The van der Waals surface area contributed by atoms with E-state index in [0.29, 0.717) is 50.0 Å². The maximum absolute atomic E-state index is 12.6. The zero-order chi connectivity index (χ0) is 18.7. The van der Waals surface area contributed by atoms with Crippen molar-refractivity contribution in [3.05, 3.63) is 35.4 Å². The number of hydrogen-bond donors (Lipinski definition) is 1. The molecule has 1 aromatic rings. The molecule has 0 unspecified atom stereocenters. The lowest BCUT2D eigenvalue weighted by Gasteiger charge is -2.45. The van der Waals surface area contributed by atoms with E-state index in [2.05, 4.69) is 0 Å². The minimum absolute atomic E-state index is 0.112. The van der Waals surface area contributed by atoms with Crippen LogP contribution < -0.4 is 0 Å². The Balaban J connectivity index is 1.59. The van der Waals surface area contributed by atoms with Gasteiger partial charge in [0.25, 0.3) is 5.91 Å². The Labute approximate surface area is 150 Å². The molecule has 2 heterocycles. The number of carboxylic acids is 1. The monoisotopic (exact) mass is 357 g/mol. The highest BCUT2D eigenvalue weighted by molar-refractivity contribution is 5.94. The second kappa shape index (κ2) is 7.04. The largest absolute Gasteiger partial charge is 0.480 e. The highest BCUT2D eigenvalue weighted by atomic mass is 16.6. The van der Waals surface area contributed by atoms with Crippen molar-refractivity contribution in [1.29, 1.82) is 5.26 Å². The molecule has 0 atom stereocenters. The molecule has 0 aromatic heterocycles. The Morgan fingerprint density at radius 1 is 1.15 bits per heavy atom. The molecular formula is C18H19N3O5. The summed E-state index contributed by atoms with van der Waals surface area (Å²) in [6.07, 6.45) is 1.01. The Morgan fingerprint density at radius 3 is 2.31 bits per heavy atom. The van der Waals surface area contributed by atoms with E-state index in [9.17, 15) is 14.4 Å². The Kier molecular flexibility index (Phi) is 4.80. The van der Waals surface area contributed by atoms with Crippen LogP contribution in [0, 0.1) is 11.3 Å². The highest BCUT2D eigenvalue weighted by Crippen LogP contribution is 2.34. The van der Waals surface area contributed by atoms with E-state index in [4.69, 9.17) is 15.1 Å². The number of nitrogens with zero attached hydrogens (tertiary/aromatic N) is 3. The Bertz CT molecular complexity index is 760. The molecule has 2 amide bonds. The third-order valence-electron chi connectivity index (χ3n) is 4.95. The molecule has 0 radical (unpaired) electrons. The summed E-state index contributed by atoms with van der Waals surface area (Å²) in [4.78, 5) is 38.3. The van der Waals surface area contributed by atoms with Gasteiger partial charge in [-0.2, -0.15) is 5.26 Å². The van der Waals surface area contributed by atoms with E-state index in [1.807, 2.05) is 6.07 Å². The third-order valence-corrected chi connectivity index (χ3v) is 4.95. The molecular weight excluding hydrogens is 338 g/mol. The fourth-order valence-corrected chi connectivity index (χ4v) is 3.38. The first-order chi connectivity index (χ1) is 12.4. The molecule has 26 heavy (non-hydrogen) atoms. The van der Waals surface area contributed by atoms with Gasteiger partial charge in [-0.1, -0.05) is 0 Å². The van der Waals surface area contributed by atoms with Crippen molar-refractivity contribution in [1.82, 2.24) is 9.80 Å². The summed E-state index contributed by atoms with van der Waals surface area (Å²) in [5.74, 6) is -1.18. The van der Waals surface area contributed by atoms with Gasteiger partial charge in [-0.3, -0.25) is 14.5 Å². The number of carbonyl (C=O) groups is 3. The molecule has 2 fully saturated rings. The fourth-order valence-electron chi connectivity index (χ4n) is 3.38. The number of likely N-dealkylation sites (tertiary alicyclic amines) is 1. The van der Waals surface area contributed by atoms with E-state index in [-0.39, 0.29) is 12.5 Å². The number of piperidine rings is 1. The molecule has 0 aliphatic carbocycles. The predicted octanol–water partition coefficient (Wildman–Crippen LogP) is 1.46. The maximum Gasteiger partial charge on any atom is 0.410 e. The van der Waals surface area contributed by atoms with Crippen LogP contribution in [-0.4, -0.2) is 64.7 Å². The first-order valence-corrected chi connectivity index (χ1v) is 8.42.